The van der Waals surface area contributed by atoms with Crippen LogP contribution in [0.25, 0.3) is 0 Å². The second-order valence-electron chi connectivity index (χ2n) is 6.96. The van der Waals surface area contributed by atoms with Gasteiger partial charge in [0.25, 0.3) is 5.91 Å². The fourth-order valence-corrected chi connectivity index (χ4v) is 3.72. The molecule has 0 unspecified atom stereocenters. The van der Waals surface area contributed by atoms with Crippen LogP contribution >= 0.6 is 27.5 Å². The van der Waals surface area contributed by atoms with Gasteiger partial charge in [-0.15, -0.1) is 0 Å². The van der Waals surface area contributed by atoms with E-state index < -0.39 is 0 Å². The Kier molecular flexibility index (Phi) is 6.39. The van der Waals surface area contributed by atoms with E-state index in [1.165, 1.54) is 10.2 Å². The van der Waals surface area contributed by atoms with E-state index >= 15 is 0 Å². The molecule has 0 spiro atoms. The maximum absolute atomic E-state index is 12.5. The van der Waals surface area contributed by atoms with E-state index in [9.17, 15) is 4.79 Å². The maximum atomic E-state index is 12.5. The lowest BCUT2D eigenvalue weighted by Crippen LogP contribution is -2.14. The van der Waals surface area contributed by atoms with Gasteiger partial charge in [0, 0.05) is 16.9 Å². The molecule has 0 saturated carbocycles. The van der Waals surface area contributed by atoms with E-state index in [-0.39, 0.29) is 18.3 Å². The number of ether oxygens (including phenoxy) is 1. The van der Waals surface area contributed by atoms with Gasteiger partial charge in [-0.1, -0.05) is 57.4 Å². The molecule has 0 fully saturated rings. The van der Waals surface area contributed by atoms with E-state index in [1.54, 1.807) is 41.5 Å². The van der Waals surface area contributed by atoms with Crippen LogP contribution in [0.3, 0.4) is 0 Å². The summed E-state index contributed by atoms with van der Waals surface area (Å²) in [7, 11) is 0. The van der Waals surface area contributed by atoms with Gasteiger partial charge in [-0.25, -0.2) is 4.68 Å². The number of carbonyl (C=O) groups is 1. The Morgan fingerprint density at radius 1 is 1.19 bits per heavy atom. The average molecular weight is 501 g/mol. The van der Waals surface area contributed by atoms with Gasteiger partial charge in [-0.3, -0.25) is 9.48 Å². The summed E-state index contributed by atoms with van der Waals surface area (Å²) in [6, 6.07) is 15.2. The molecule has 4 rings (SSSR count). The molecule has 31 heavy (non-hydrogen) atoms. The maximum Gasteiger partial charge on any atom is 0.276 e. The van der Waals surface area contributed by atoms with Crippen molar-refractivity contribution < 1.29 is 9.53 Å². The summed E-state index contributed by atoms with van der Waals surface area (Å²) >= 11 is 9.50. The zero-order valence-electron chi connectivity index (χ0n) is 16.6. The highest BCUT2D eigenvalue weighted by atomic mass is 79.9. The van der Waals surface area contributed by atoms with Crippen LogP contribution in [0.2, 0.25) is 5.02 Å². The first-order valence-electron chi connectivity index (χ1n) is 9.47. The number of aryl methyl sites for hydroxylation is 1. The molecule has 0 atom stereocenters. The third kappa shape index (κ3) is 5.53. The smallest absolute Gasteiger partial charge is 0.276 e. The molecule has 0 aliphatic rings. The number of rotatable bonds is 7. The Morgan fingerprint density at radius 3 is 2.87 bits per heavy atom. The van der Waals surface area contributed by atoms with Crippen LogP contribution in [-0.2, 0) is 13.3 Å². The fraction of sp³-hybridized carbons (Fsp3) is 0.136. The van der Waals surface area contributed by atoms with E-state index in [0.717, 1.165) is 10.0 Å². The summed E-state index contributed by atoms with van der Waals surface area (Å²) < 4.78 is 9.82. The average Bonchev–Trinajstić information content (AvgIpc) is 3.37. The van der Waals surface area contributed by atoms with Crippen molar-refractivity contribution in [3.8, 4) is 5.75 Å². The van der Waals surface area contributed by atoms with Crippen LogP contribution in [0.1, 0.15) is 21.6 Å². The SMILES string of the molecule is Cc1cccc(Cn2cc(NC(=O)c3ccn(COc4ccc(Br)cc4Cl)n3)cn2)c1. The Balaban J connectivity index is 1.34. The minimum atomic E-state index is -0.324. The number of hydrogen-bond donors (Lipinski definition) is 1. The lowest BCUT2D eigenvalue weighted by atomic mass is 10.1. The van der Waals surface area contributed by atoms with Gasteiger partial charge in [0.05, 0.1) is 23.5 Å². The standard InChI is InChI=1S/C22H19BrClN5O2/c1-15-3-2-4-16(9-15)12-29-13-18(11-25-29)26-22(30)20-7-8-28(27-20)14-31-21-6-5-17(23)10-19(21)24/h2-11,13H,12,14H2,1H3,(H,26,30). The van der Waals surface area contributed by atoms with Gasteiger partial charge < -0.3 is 10.1 Å². The van der Waals surface area contributed by atoms with E-state index in [0.29, 0.717) is 23.0 Å². The summed E-state index contributed by atoms with van der Waals surface area (Å²) in [5, 5.41) is 11.9. The molecule has 0 aliphatic heterocycles. The Bertz CT molecular complexity index is 1220. The third-order valence-electron chi connectivity index (χ3n) is 4.44. The van der Waals surface area contributed by atoms with Crippen LogP contribution in [0.5, 0.6) is 5.75 Å². The van der Waals surface area contributed by atoms with Gasteiger partial charge in [-0.2, -0.15) is 10.2 Å². The van der Waals surface area contributed by atoms with Crippen LogP contribution in [-0.4, -0.2) is 25.5 Å². The minimum absolute atomic E-state index is 0.128. The summed E-state index contributed by atoms with van der Waals surface area (Å²) in [6.45, 7) is 2.81. The predicted molar refractivity (Wildman–Crippen MR) is 122 cm³/mol. The molecule has 1 amide bonds. The molecule has 0 bridgehead atoms. The van der Waals surface area contributed by atoms with E-state index in [2.05, 4.69) is 50.5 Å². The molecule has 158 valence electrons. The van der Waals surface area contributed by atoms with Crippen molar-refractivity contribution in [3.05, 3.63) is 93.4 Å². The van der Waals surface area contributed by atoms with Gasteiger partial charge in [0.2, 0.25) is 0 Å². The largest absolute Gasteiger partial charge is 0.470 e. The minimum Gasteiger partial charge on any atom is -0.470 e. The topological polar surface area (TPSA) is 74.0 Å². The number of anilines is 1. The molecular formula is C22H19BrClN5O2. The van der Waals surface area contributed by atoms with Crippen LogP contribution in [0.15, 0.2) is 71.6 Å². The quantitative estimate of drug-likeness (QED) is 0.381. The molecular weight excluding hydrogens is 482 g/mol. The van der Waals surface area contributed by atoms with Crippen molar-refractivity contribution >= 4 is 39.1 Å². The molecule has 7 nitrogen and oxygen atoms in total. The van der Waals surface area contributed by atoms with Gasteiger partial charge in [0.15, 0.2) is 12.4 Å². The molecule has 4 aromatic rings. The molecule has 2 heterocycles. The lowest BCUT2D eigenvalue weighted by Gasteiger charge is -2.08. The molecule has 0 radical (unpaired) electrons. The second-order valence-corrected chi connectivity index (χ2v) is 8.28. The van der Waals surface area contributed by atoms with Gasteiger partial charge in [0.1, 0.15) is 5.75 Å². The van der Waals surface area contributed by atoms with Crippen molar-refractivity contribution in [2.24, 2.45) is 0 Å². The number of benzene rings is 2. The highest BCUT2D eigenvalue weighted by molar-refractivity contribution is 9.10. The predicted octanol–water partition coefficient (Wildman–Crippen LogP) is 5.14. The molecule has 2 aromatic heterocycles. The zero-order valence-corrected chi connectivity index (χ0v) is 19.0. The van der Waals surface area contributed by atoms with Crippen LogP contribution < -0.4 is 10.1 Å². The summed E-state index contributed by atoms with van der Waals surface area (Å²) in [6.07, 6.45) is 5.07. The molecule has 1 N–H and O–H groups in total. The Hall–Kier alpha value is -3.10. The molecule has 0 aliphatic carbocycles. The fourth-order valence-electron chi connectivity index (χ4n) is 2.99. The van der Waals surface area contributed by atoms with Crippen LogP contribution in [0.4, 0.5) is 5.69 Å². The summed E-state index contributed by atoms with van der Waals surface area (Å²) in [5.41, 5.74) is 3.22. The first-order chi connectivity index (χ1) is 15.0. The van der Waals surface area contributed by atoms with Gasteiger partial charge >= 0.3 is 0 Å². The highest BCUT2D eigenvalue weighted by Gasteiger charge is 2.12. The number of nitrogens with one attached hydrogen (secondary N) is 1. The van der Waals surface area contributed by atoms with Crippen molar-refractivity contribution in [1.82, 2.24) is 19.6 Å². The highest BCUT2D eigenvalue weighted by Crippen LogP contribution is 2.27. The normalized spacial score (nSPS) is 10.8. The second kappa shape index (κ2) is 9.36. The number of carbonyl (C=O) groups excluding carboxylic acids is 1. The van der Waals surface area contributed by atoms with E-state index in [1.807, 2.05) is 18.2 Å². The molecule has 9 heteroatoms. The van der Waals surface area contributed by atoms with Crippen molar-refractivity contribution in [3.63, 3.8) is 0 Å². The summed E-state index contributed by atoms with van der Waals surface area (Å²) in [5.74, 6) is 0.211. The third-order valence-corrected chi connectivity index (χ3v) is 5.23. The van der Waals surface area contributed by atoms with Crippen molar-refractivity contribution in [2.75, 3.05) is 5.32 Å². The zero-order chi connectivity index (χ0) is 21.8. The molecule has 0 saturated heterocycles. The molecule has 2 aromatic carbocycles. The van der Waals surface area contributed by atoms with Crippen molar-refractivity contribution in [1.29, 1.82) is 0 Å². The first kappa shape index (κ1) is 21.1. The van der Waals surface area contributed by atoms with Gasteiger partial charge in [-0.05, 0) is 36.8 Å². The lowest BCUT2D eigenvalue weighted by molar-refractivity contribution is 0.102. The number of amides is 1. The number of hydrogen-bond acceptors (Lipinski definition) is 4. The Morgan fingerprint density at radius 2 is 2.06 bits per heavy atom. The van der Waals surface area contributed by atoms with E-state index in [4.69, 9.17) is 16.3 Å². The van der Waals surface area contributed by atoms with Crippen molar-refractivity contribution in [2.45, 2.75) is 20.2 Å². The number of nitrogens with zero attached hydrogens (tertiary/aromatic N) is 4. The van der Waals surface area contributed by atoms with Crippen LogP contribution in [0, 0.1) is 6.92 Å². The number of halogens is 2. The Labute approximate surface area is 192 Å². The monoisotopic (exact) mass is 499 g/mol. The first-order valence-corrected chi connectivity index (χ1v) is 10.6. The number of aromatic nitrogens is 4. The summed E-state index contributed by atoms with van der Waals surface area (Å²) in [4.78, 5) is 12.5.